The minimum atomic E-state index is -1.02. The van der Waals surface area contributed by atoms with Crippen LogP contribution in [0.25, 0.3) is 27.9 Å². The molecule has 0 fully saturated rings. The highest BCUT2D eigenvalue weighted by Gasteiger charge is 2.45. The van der Waals surface area contributed by atoms with E-state index in [1.54, 1.807) is 19.1 Å². The Morgan fingerprint density at radius 1 is 1.07 bits per heavy atom. The predicted octanol–water partition coefficient (Wildman–Crippen LogP) is 7.44. The van der Waals surface area contributed by atoms with Crippen LogP contribution in [0.2, 0.25) is 0 Å². The number of oxazole rings is 1. The van der Waals surface area contributed by atoms with Crippen molar-refractivity contribution in [2.24, 2.45) is 0 Å². The number of allylic oxidation sites excluding steroid dienone is 3. The molecule has 0 bridgehead atoms. The molecule has 0 unspecified atom stereocenters. The molecule has 0 saturated carbocycles. The number of thioether (sulfide) groups is 1. The van der Waals surface area contributed by atoms with E-state index < -0.39 is 5.97 Å². The summed E-state index contributed by atoms with van der Waals surface area (Å²) in [5, 5.41) is 22.7. The van der Waals surface area contributed by atoms with Crippen LogP contribution in [-0.4, -0.2) is 33.6 Å². The number of carbonyl (C=O) groups excluding carboxylic acids is 1. The highest BCUT2D eigenvalue weighted by atomic mass is 32.2. The molecule has 1 aromatic heterocycles. The van der Waals surface area contributed by atoms with Crippen molar-refractivity contribution in [1.29, 1.82) is 0 Å². The van der Waals surface area contributed by atoms with Gasteiger partial charge in [-0.25, -0.2) is 4.79 Å². The molecule has 0 atom stereocenters. The summed E-state index contributed by atoms with van der Waals surface area (Å²) in [6.07, 6.45) is 8.50. The fourth-order valence-electron chi connectivity index (χ4n) is 6.39. The molecular weight excluding hydrogens is 548 g/mol. The first kappa shape index (κ1) is 29.5. The van der Waals surface area contributed by atoms with Gasteiger partial charge in [-0.15, -0.1) is 0 Å². The highest BCUT2D eigenvalue weighted by Crippen LogP contribution is 2.56. The molecule has 42 heavy (non-hydrogen) atoms. The highest BCUT2D eigenvalue weighted by molar-refractivity contribution is 8.13. The summed E-state index contributed by atoms with van der Waals surface area (Å²) in [4.78, 5) is 25.8. The van der Waals surface area contributed by atoms with Crippen molar-refractivity contribution in [3.63, 3.8) is 0 Å². The molecule has 1 aliphatic rings. The van der Waals surface area contributed by atoms with Gasteiger partial charge in [-0.05, 0) is 50.0 Å². The van der Waals surface area contributed by atoms with Crippen LogP contribution in [0.4, 0.5) is 5.69 Å². The van der Waals surface area contributed by atoms with Crippen molar-refractivity contribution in [2.75, 3.05) is 17.2 Å². The third-order valence-corrected chi connectivity index (χ3v) is 9.30. The monoisotopic (exact) mass is 585 g/mol. The molecule has 0 saturated heterocycles. The Morgan fingerprint density at radius 3 is 2.48 bits per heavy atom. The number of aromatic nitrogens is 1. The van der Waals surface area contributed by atoms with E-state index in [0.29, 0.717) is 18.0 Å². The van der Waals surface area contributed by atoms with Crippen LogP contribution < -0.4 is 9.47 Å². The van der Waals surface area contributed by atoms with Gasteiger partial charge in [0.2, 0.25) is 5.58 Å². The summed E-state index contributed by atoms with van der Waals surface area (Å²) in [7, 11) is 0. The average Bonchev–Trinajstić information content (AvgIpc) is 3.47. The molecule has 8 heteroatoms. The average molecular weight is 586 g/mol. The predicted molar refractivity (Wildman–Crippen MR) is 169 cm³/mol. The number of hydrogen-bond acceptors (Lipinski definition) is 6. The van der Waals surface area contributed by atoms with Gasteiger partial charge in [0.25, 0.3) is 5.52 Å². The summed E-state index contributed by atoms with van der Waals surface area (Å²) in [5.41, 5.74) is 4.26. The van der Waals surface area contributed by atoms with Crippen molar-refractivity contribution >= 4 is 56.5 Å². The van der Waals surface area contributed by atoms with E-state index >= 15 is 0 Å². The minimum absolute atomic E-state index is 0.114. The Bertz CT molecular complexity index is 1730. The number of hydrogen-bond donors (Lipinski definition) is 2. The maximum Gasteiger partial charge on any atom is 0.374 e. The van der Waals surface area contributed by atoms with Crippen molar-refractivity contribution in [1.82, 2.24) is 0 Å². The van der Waals surface area contributed by atoms with Crippen LogP contribution in [0, 0.1) is 0 Å². The van der Waals surface area contributed by atoms with E-state index in [0.717, 1.165) is 64.8 Å². The molecule has 0 radical (unpaired) electrons. The molecule has 1 aliphatic heterocycles. The molecule has 4 aromatic rings. The number of carboxylic acids is 1. The lowest BCUT2D eigenvalue weighted by Gasteiger charge is -2.32. The summed E-state index contributed by atoms with van der Waals surface area (Å²) >= 11 is 1.34. The lowest BCUT2D eigenvalue weighted by atomic mass is 9.74. The second kappa shape index (κ2) is 12.1. The fraction of sp³-hybridized carbons (Fsp3) is 0.324. The lowest BCUT2D eigenvalue weighted by molar-refractivity contribution is -0.674. The molecule has 218 valence electrons. The topological polar surface area (TPSA) is 94.9 Å². The summed E-state index contributed by atoms with van der Waals surface area (Å²) in [5.74, 6) is 0.552. The second-order valence-electron chi connectivity index (χ2n) is 10.5. The Balaban J connectivity index is 1.65. The number of carbonyl (C=O) groups is 2. The Labute approximate surface area is 250 Å². The third-order valence-electron chi connectivity index (χ3n) is 8.40. The Morgan fingerprint density at radius 2 is 1.81 bits per heavy atom. The SMILES string of the molecule is CC[n+]1c(/C=C/C=C2\N(CCCSC(C)=O)c3c(cc(O)c4ccccc34)C2(CC)CC)oc2c(C(=O)O)cccc21. The normalized spacial score (nSPS) is 15.3. The second-order valence-corrected chi connectivity index (χ2v) is 11.8. The number of phenolic OH excluding ortho intramolecular Hbond substituents is 1. The van der Waals surface area contributed by atoms with Gasteiger partial charge in [0, 0.05) is 47.2 Å². The Kier molecular flexibility index (Phi) is 8.45. The summed E-state index contributed by atoms with van der Waals surface area (Å²) in [6.45, 7) is 9.32. The minimum Gasteiger partial charge on any atom is -0.507 e. The molecular formula is C34H37N2O5S+. The van der Waals surface area contributed by atoms with E-state index in [2.05, 4.69) is 30.9 Å². The van der Waals surface area contributed by atoms with Gasteiger partial charge >= 0.3 is 11.9 Å². The third kappa shape index (κ3) is 4.98. The van der Waals surface area contributed by atoms with Crippen LogP contribution in [0.5, 0.6) is 5.75 Å². The van der Waals surface area contributed by atoms with Crippen LogP contribution in [0.1, 0.15) is 68.8 Å². The van der Waals surface area contributed by atoms with E-state index in [9.17, 15) is 19.8 Å². The van der Waals surface area contributed by atoms with Gasteiger partial charge in [0.05, 0.1) is 11.8 Å². The number of phenols is 1. The van der Waals surface area contributed by atoms with E-state index in [1.807, 2.05) is 54.0 Å². The number of anilines is 1. The summed E-state index contributed by atoms with van der Waals surface area (Å²) in [6, 6.07) is 15.1. The quantitative estimate of drug-likeness (QED) is 0.148. The van der Waals surface area contributed by atoms with E-state index in [1.165, 1.54) is 11.8 Å². The van der Waals surface area contributed by atoms with E-state index in [-0.39, 0.29) is 21.8 Å². The maximum absolute atomic E-state index is 11.8. The largest absolute Gasteiger partial charge is 0.507 e. The zero-order valence-corrected chi connectivity index (χ0v) is 25.3. The molecule has 0 amide bonds. The van der Waals surface area contributed by atoms with Crippen molar-refractivity contribution in [3.05, 3.63) is 83.4 Å². The molecule has 2 N–H and O–H groups in total. The lowest BCUT2D eigenvalue weighted by Crippen LogP contribution is -2.33. The van der Waals surface area contributed by atoms with Gasteiger partial charge < -0.3 is 19.5 Å². The zero-order chi connectivity index (χ0) is 30.0. The first-order valence-electron chi connectivity index (χ1n) is 14.5. The number of para-hydroxylation sites is 1. The van der Waals surface area contributed by atoms with Crippen molar-refractivity contribution < 1.29 is 28.8 Å². The maximum atomic E-state index is 11.8. The van der Waals surface area contributed by atoms with Gasteiger partial charge in [0.15, 0.2) is 5.12 Å². The standard InChI is InChI=1S/C34H36N2O5S/c1-5-34(6-2)26-21-28(38)23-13-8-9-14-24(23)31(26)36(19-12-20-42-22(4)37)29(34)17-11-18-30-35(7-3)27-16-10-15-25(33(39)40)32(27)41-30/h8-11,13-18,21H,5-7,12,19-20H2,1-4H3,(H-,38,39,40)/p+1. The van der Waals surface area contributed by atoms with Crippen molar-refractivity contribution in [2.45, 2.75) is 58.9 Å². The number of benzene rings is 3. The van der Waals surface area contributed by atoms with Crippen LogP contribution >= 0.6 is 11.8 Å². The van der Waals surface area contributed by atoms with Crippen molar-refractivity contribution in [3.8, 4) is 5.75 Å². The summed E-state index contributed by atoms with van der Waals surface area (Å²) < 4.78 is 8.07. The number of fused-ring (bicyclic) bond motifs is 4. The van der Waals surface area contributed by atoms with Crippen LogP contribution in [0.15, 0.2) is 70.8 Å². The number of rotatable bonds is 10. The zero-order valence-electron chi connectivity index (χ0n) is 24.5. The first-order valence-corrected chi connectivity index (χ1v) is 15.5. The molecule has 7 nitrogen and oxygen atoms in total. The van der Waals surface area contributed by atoms with Gasteiger partial charge in [-0.1, -0.05) is 62.0 Å². The first-order chi connectivity index (χ1) is 20.3. The van der Waals surface area contributed by atoms with E-state index in [4.69, 9.17) is 4.42 Å². The molecule has 0 aliphatic carbocycles. The van der Waals surface area contributed by atoms with Gasteiger partial charge in [0.1, 0.15) is 17.9 Å². The molecule has 0 spiro atoms. The number of aromatic carboxylic acids is 1. The van der Waals surface area contributed by atoms with Crippen LogP contribution in [0.3, 0.4) is 0 Å². The number of aromatic hydroxyl groups is 1. The van der Waals surface area contributed by atoms with Gasteiger partial charge in [-0.3, -0.25) is 4.79 Å². The number of nitrogens with zero attached hydrogens (tertiary/aromatic N) is 2. The molecule has 3 aromatic carbocycles. The number of carboxylic acid groups (broad SMARTS) is 1. The fourth-order valence-corrected chi connectivity index (χ4v) is 6.95. The smallest absolute Gasteiger partial charge is 0.374 e. The number of aryl methyl sites for hydroxylation is 1. The van der Waals surface area contributed by atoms with Crippen LogP contribution in [-0.2, 0) is 16.8 Å². The molecule has 2 heterocycles. The van der Waals surface area contributed by atoms with Gasteiger partial charge in [-0.2, -0.15) is 4.57 Å². The molecule has 5 rings (SSSR count). The Hall–Kier alpha value is -4.04.